The summed E-state index contributed by atoms with van der Waals surface area (Å²) >= 11 is 11.7. The Hall–Kier alpha value is -0.760. The molecule has 0 saturated carbocycles. The number of benzene rings is 1. The second kappa shape index (κ2) is 5.90. The molecule has 6 nitrogen and oxygen atoms in total. The molecule has 0 N–H and O–H groups in total. The van der Waals surface area contributed by atoms with Crippen molar-refractivity contribution >= 4 is 23.2 Å². The third-order valence-corrected chi connectivity index (χ3v) is 5.36. The van der Waals surface area contributed by atoms with Crippen LogP contribution in [0.1, 0.15) is 23.3 Å². The lowest BCUT2D eigenvalue weighted by Crippen LogP contribution is -2.26. The molecule has 0 aliphatic carbocycles. The molecule has 4 bridgehead atoms. The largest absolute Gasteiger partial charge is 0.476 e. The summed E-state index contributed by atoms with van der Waals surface area (Å²) < 4.78 is 35.1. The van der Waals surface area contributed by atoms with Gasteiger partial charge in [0, 0.05) is 5.56 Å². The van der Waals surface area contributed by atoms with E-state index in [2.05, 4.69) is 0 Å². The molecule has 6 unspecified atom stereocenters. The van der Waals surface area contributed by atoms with Crippen molar-refractivity contribution in [2.75, 3.05) is 25.0 Å². The normalized spacial score (nSPS) is 39.2. The molecular formula is C16H16Cl2O6. The summed E-state index contributed by atoms with van der Waals surface area (Å²) in [5.74, 6) is 2.21. The molecule has 4 heterocycles. The first-order valence-electron chi connectivity index (χ1n) is 7.94. The van der Waals surface area contributed by atoms with Crippen LogP contribution < -0.4 is 9.47 Å². The number of halogens is 2. The minimum atomic E-state index is -0.491. The molecule has 0 amide bonds. The number of hydrogen-bond acceptors (Lipinski definition) is 6. The standard InChI is InChI=1S/C16H16Cl2O6/c17-3-7-5-19-15(21-7)12-9-1-2-10-13(24-12)11(9)14(23-10)16-20-6-8(4-18)22-16/h1-2,7-8,12,14-16H,3-6H2. The second-order valence-electron chi connectivity index (χ2n) is 6.20. The molecule has 130 valence electrons. The van der Waals surface area contributed by atoms with Crippen LogP contribution in [0.15, 0.2) is 12.1 Å². The van der Waals surface area contributed by atoms with Gasteiger partial charge in [0.1, 0.15) is 0 Å². The van der Waals surface area contributed by atoms with Gasteiger partial charge in [0.25, 0.3) is 0 Å². The minimum absolute atomic E-state index is 0.108. The summed E-state index contributed by atoms with van der Waals surface area (Å²) in [6, 6.07) is 3.89. The highest BCUT2D eigenvalue weighted by molar-refractivity contribution is 6.18. The maximum Gasteiger partial charge on any atom is 0.199 e. The zero-order valence-corrected chi connectivity index (χ0v) is 14.2. The Morgan fingerprint density at radius 2 is 1.54 bits per heavy atom. The van der Waals surface area contributed by atoms with Crippen molar-refractivity contribution in [1.29, 1.82) is 0 Å². The maximum absolute atomic E-state index is 6.08. The van der Waals surface area contributed by atoms with Crippen molar-refractivity contribution in [3.63, 3.8) is 0 Å². The molecule has 5 rings (SSSR count). The van der Waals surface area contributed by atoms with Gasteiger partial charge < -0.3 is 28.4 Å². The van der Waals surface area contributed by atoms with E-state index in [1.54, 1.807) is 0 Å². The zero-order chi connectivity index (χ0) is 16.3. The lowest BCUT2D eigenvalue weighted by molar-refractivity contribution is -0.124. The molecule has 0 spiro atoms. The maximum atomic E-state index is 6.08. The summed E-state index contributed by atoms with van der Waals surface area (Å²) in [6.45, 7) is 0.934. The summed E-state index contributed by atoms with van der Waals surface area (Å²) in [7, 11) is 0. The fourth-order valence-corrected chi connectivity index (χ4v) is 3.87. The highest BCUT2D eigenvalue weighted by Crippen LogP contribution is 2.57. The number of rotatable bonds is 4. The van der Waals surface area contributed by atoms with Crippen molar-refractivity contribution in [3.8, 4) is 11.5 Å². The highest BCUT2D eigenvalue weighted by atomic mass is 35.5. The van der Waals surface area contributed by atoms with Gasteiger partial charge in [-0.15, -0.1) is 23.2 Å². The van der Waals surface area contributed by atoms with Crippen LogP contribution in [0.2, 0.25) is 0 Å². The van der Waals surface area contributed by atoms with E-state index < -0.39 is 12.6 Å². The Balaban J connectivity index is 1.40. The van der Waals surface area contributed by atoms with Crippen LogP contribution >= 0.6 is 23.2 Å². The fraction of sp³-hybridized carbons (Fsp3) is 0.625. The first-order valence-corrected chi connectivity index (χ1v) is 9.01. The Bertz CT molecular complexity index is 656. The van der Waals surface area contributed by atoms with Crippen molar-refractivity contribution in [2.45, 2.75) is 37.0 Å². The molecule has 6 atom stereocenters. The molecule has 24 heavy (non-hydrogen) atoms. The van der Waals surface area contributed by atoms with Gasteiger partial charge in [0.05, 0.1) is 42.7 Å². The number of ether oxygens (including phenoxy) is 6. The quantitative estimate of drug-likeness (QED) is 0.754. The molecule has 1 aromatic carbocycles. The Morgan fingerprint density at radius 3 is 2.17 bits per heavy atom. The Kier molecular flexibility index (Phi) is 3.81. The van der Waals surface area contributed by atoms with Crippen molar-refractivity contribution in [1.82, 2.24) is 0 Å². The molecule has 8 heteroatoms. The Labute approximate surface area is 148 Å². The topological polar surface area (TPSA) is 55.4 Å². The summed E-state index contributed by atoms with van der Waals surface area (Å²) in [6.07, 6.45) is -1.87. The fourth-order valence-electron chi connectivity index (χ4n) is 3.55. The van der Waals surface area contributed by atoms with Crippen molar-refractivity contribution < 1.29 is 28.4 Å². The molecule has 0 aromatic heterocycles. The summed E-state index contributed by atoms with van der Waals surface area (Å²) in [4.78, 5) is 0. The van der Waals surface area contributed by atoms with Gasteiger partial charge in [-0.2, -0.15) is 0 Å². The van der Waals surface area contributed by atoms with Crippen molar-refractivity contribution in [2.24, 2.45) is 0 Å². The Morgan fingerprint density at radius 1 is 0.875 bits per heavy atom. The van der Waals surface area contributed by atoms with E-state index in [0.717, 1.165) is 16.9 Å². The van der Waals surface area contributed by atoms with Crippen molar-refractivity contribution in [3.05, 3.63) is 23.3 Å². The van der Waals surface area contributed by atoms with E-state index in [4.69, 9.17) is 51.6 Å². The SMILES string of the molecule is ClCC1COC(C2Oc3c4ccc2c3C(C2OCC(CCl)O2)O4)O1. The average molecular weight is 375 g/mol. The first kappa shape index (κ1) is 15.5. The summed E-state index contributed by atoms with van der Waals surface area (Å²) in [5.41, 5.74) is 1.94. The van der Waals surface area contributed by atoms with Crippen LogP contribution in [0.3, 0.4) is 0 Å². The first-order chi connectivity index (χ1) is 11.8. The van der Waals surface area contributed by atoms with Crippen LogP contribution in [0, 0.1) is 0 Å². The lowest BCUT2D eigenvalue weighted by Gasteiger charge is -2.21. The summed E-state index contributed by atoms with van der Waals surface area (Å²) in [5, 5.41) is 0. The number of alkyl halides is 2. The second-order valence-corrected chi connectivity index (χ2v) is 6.82. The van der Waals surface area contributed by atoms with Gasteiger partial charge in [-0.05, 0) is 6.07 Å². The molecule has 1 aromatic rings. The zero-order valence-electron chi connectivity index (χ0n) is 12.7. The highest BCUT2D eigenvalue weighted by Gasteiger charge is 2.50. The van der Waals surface area contributed by atoms with Crippen LogP contribution in [0.4, 0.5) is 0 Å². The van der Waals surface area contributed by atoms with E-state index in [1.165, 1.54) is 0 Å². The molecule has 0 radical (unpaired) electrons. The minimum Gasteiger partial charge on any atom is -0.476 e. The van der Waals surface area contributed by atoms with Gasteiger partial charge in [0.2, 0.25) is 0 Å². The molecule has 4 aliphatic rings. The van der Waals surface area contributed by atoms with E-state index in [-0.39, 0.29) is 24.4 Å². The van der Waals surface area contributed by atoms with E-state index in [0.29, 0.717) is 30.7 Å². The van der Waals surface area contributed by atoms with Gasteiger partial charge in [-0.25, -0.2) is 0 Å². The van der Waals surface area contributed by atoms with Gasteiger partial charge in [-0.3, -0.25) is 0 Å². The van der Waals surface area contributed by atoms with E-state index in [1.807, 2.05) is 12.1 Å². The van der Waals surface area contributed by atoms with Gasteiger partial charge >= 0.3 is 0 Å². The third kappa shape index (κ3) is 2.25. The van der Waals surface area contributed by atoms with Crippen LogP contribution in [-0.4, -0.2) is 49.8 Å². The van der Waals surface area contributed by atoms with Gasteiger partial charge in [0.15, 0.2) is 36.3 Å². The monoisotopic (exact) mass is 374 g/mol. The lowest BCUT2D eigenvalue weighted by atomic mass is 10.0. The molecule has 2 fully saturated rings. The predicted molar refractivity (Wildman–Crippen MR) is 83.8 cm³/mol. The molecule has 2 saturated heterocycles. The third-order valence-electron chi connectivity index (χ3n) is 4.67. The number of hydrogen-bond donors (Lipinski definition) is 0. The van der Waals surface area contributed by atoms with Crippen LogP contribution in [-0.2, 0) is 18.9 Å². The van der Waals surface area contributed by atoms with Crippen LogP contribution in [0.5, 0.6) is 11.5 Å². The predicted octanol–water partition coefficient (Wildman–Crippen LogP) is 2.51. The molecule has 4 aliphatic heterocycles. The van der Waals surface area contributed by atoms with E-state index >= 15 is 0 Å². The van der Waals surface area contributed by atoms with E-state index in [9.17, 15) is 0 Å². The molecular weight excluding hydrogens is 359 g/mol. The smallest absolute Gasteiger partial charge is 0.199 e. The van der Waals surface area contributed by atoms with Crippen LogP contribution in [0.25, 0.3) is 0 Å². The average Bonchev–Trinajstić information content (AvgIpc) is 3.33. The van der Waals surface area contributed by atoms with Gasteiger partial charge in [-0.1, -0.05) is 6.07 Å².